The maximum atomic E-state index is 11.8. The van der Waals surface area contributed by atoms with Gasteiger partial charge < -0.3 is 0 Å². The Hall–Kier alpha value is -0.390. The zero-order valence-electron chi connectivity index (χ0n) is 9.46. The van der Waals surface area contributed by atoms with Gasteiger partial charge in [-0.05, 0) is 37.1 Å². The summed E-state index contributed by atoms with van der Waals surface area (Å²) in [5.74, 6) is 0. The van der Waals surface area contributed by atoms with Crippen molar-refractivity contribution in [3.63, 3.8) is 0 Å². The lowest BCUT2D eigenvalue weighted by molar-refractivity contribution is 0.578. The fourth-order valence-corrected chi connectivity index (χ4v) is 2.66. The van der Waals surface area contributed by atoms with Crippen molar-refractivity contribution in [2.45, 2.75) is 31.6 Å². The minimum atomic E-state index is -3.34. The van der Waals surface area contributed by atoms with Crippen molar-refractivity contribution >= 4 is 26.0 Å². The van der Waals surface area contributed by atoms with Crippen molar-refractivity contribution in [3.8, 4) is 0 Å². The Labute approximate surface area is 105 Å². The van der Waals surface area contributed by atoms with Crippen LogP contribution in [0.25, 0.3) is 0 Å². The number of nitrogens with one attached hydrogen (secondary N) is 1. The molecule has 0 aliphatic heterocycles. The maximum Gasteiger partial charge on any atom is 0.240 e. The van der Waals surface area contributed by atoms with E-state index in [1.807, 2.05) is 13.8 Å². The van der Waals surface area contributed by atoms with Crippen LogP contribution in [0.5, 0.6) is 0 Å². The van der Waals surface area contributed by atoms with E-state index in [1.54, 1.807) is 18.2 Å². The molecular formula is C11H16BrNO2S. The molecule has 0 amide bonds. The normalized spacial score (nSPS) is 11.7. The first kappa shape index (κ1) is 13.7. The molecule has 0 aliphatic rings. The third-order valence-electron chi connectivity index (χ3n) is 2.26. The van der Waals surface area contributed by atoms with Crippen LogP contribution >= 0.6 is 15.9 Å². The van der Waals surface area contributed by atoms with E-state index in [1.165, 1.54) is 0 Å². The molecule has 0 unspecified atom stereocenters. The molecule has 3 nitrogen and oxygen atoms in total. The van der Waals surface area contributed by atoms with Gasteiger partial charge in [-0.3, -0.25) is 0 Å². The number of hydrogen-bond acceptors (Lipinski definition) is 2. The highest BCUT2D eigenvalue weighted by atomic mass is 79.9. The smallest absolute Gasteiger partial charge is 0.211 e. The van der Waals surface area contributed by atoms with Crippen molar-refractivity contribution < 1.29 is 8.42 Å². The summed E-state index contributed by atoms with van der Waals surface area (Å²) in [6.45, 7) is 4.39. The van der Waals surface area contributed by atoms with Crippen LogP contribution in [0, 0.1) is 6.92 Å². The molecule has 16 heavy (non-hydrogen) atoms. The van der Waals surface area contributed by atoms with E-state index in [0.717, 1.165) is 22.9 Å². The summed E-state index contributed by atoms with van der Waals surface area (Å²) >= 11 is 3.34. The SMILES string of the molecule is CCCCNS(=O)(=O)c1ccc(Br)c(C)c1. The summed E-state index contributed by atoms with van der Waals surface area (Å²) in [4.78, 5) is 0.323. The minimum absolute atomic E-state index is 0.323. The largest absolute Gasteiger partial charge is 0.240 e. The first-order chi connectivity index (χ1) is 7.47. The van der Waals surface area contributed by atoms with Crippen molar-refractivity contribution in [2.75, 3.05) is 6.54 Å². The number of sulfonamides is 1. The third kappa shape index (κ3) is 3.57. The molecule has 0 aromatic heterocycles. The first-order valence-corrected chi connectivity index (χ1v) is 7.51. The maximum absolute atomic E-state index is 11.8. The summed E-state index contributed by atoms with van der Waals surface area (Å²) in [6, 6.07) is 5.02. The van der Waals surface area contributed by atoms with Crippen LogP contribution in [0.3, 0.4) is 0 Å². The van der Waals surface area contributed by atoms with Crippen LogP contribution in [-0.2, 0) is 10.0 Å². The second kappa shape index (κ2) is 5.80. The number of unbranched alkanes of at least 4 members (excludes halogenated alkanes) is 1. The van der Waals surface area contributed by atoms with Crippen molar-refractivity contribution in [3.05, 3.63) is 28.2 Å². The first-order valence-electron chi connectivity index (χ1n) is 5.23. The van der Waals surface area contributed by atoms with Gasteiger partial charge in [0.2, 0.25) is 10.0 Å². The Kier molecular flexibility index (Phi) is 4.95. The quantitative estimate of drug-likeness (QED) is 0.850. The van der Waals surface area contributed by atoms with E-state index in [-0.39, 0.29) is 0 Å². The monoisotopic (exact) mass is 305 g/mol. The summed E-state index contributed by atoms with van der Waals surface area (Å²) in [5.41, 5.74) is 0.915. The Bertz CT molecular complexity index is 457. The molecule has 1 rings (SSSR count). The lowest BCUT2D eigenvalue weighted by Crippen LogP contribution is -2.24. The van der Waals surface area contributed by atoms with E-state index in [9.17, 15) is 8.42 Å². The van der Waals surface area contributed by atoms with Crippen LogP contribution in [0.2, 0.25) is 0 Å². The summed E-state index contributed by atoms with van der Waals surface area (Å²) in [6.07, 6.45) is 1.83. The number of aryl methyl sites for hydroxylation is 1. The van der Waals surface area contributed by atoms with Gasteiger partial charge in [-0.25, -0.2) is 13.1 Å². The lowest BCUT2D eigenvalue weighted by Gasteiger charge is -2.07. The predicted octanol–water partition coefficient (Wildman–Crippen LogP) is 2.84. The molecule has 0 radical (unpaired) electrons. The molecule has 0 fully saturated rings. The average molecular weight is 306 g/mol. The molecule has 0 aliphatic carbocycles. The van der Waals surface area contributed by atoms with Crippen molar-refractivity contribution in [1.82, 2.24) is 4.72 Å². The second-order valence-corrected chi connectivity index (χ2v) is 6.28. The topological polar surface area (TPSA) is 46.2 Å². The van der Waals surface area contributed by atoms with Gasteiger partial charge in [0.25, 0.3) is 0 Å². The molecule has 1 N–H and O–H groups in total. The van der Waals surface area contributed by atoms with Crippen LogP contribution in [0.4, 0.5) is 0 Å². The van der Waals surface area contributed by atoms with Crippen LogP contribution in [0.15, 0.2) is 27.6 Å². The number of hydrogen-bond donors (Lipinski definition) is 1. The van der Waals surface area contributed by atoms with E-state index < -0.39 is 10.0 Å². The van der Waals surface area contributed by atoms with Gasteiger partial charge in [0.1, 0.15) is 0 Å². The minimum Gasteiger partial charge on any atom is -0.211 e. The lowest BCUT2D eigenvalue weighted by atomic mass is 10.2. The molecule has 5 heteroatoms. The molecule has 1 aromatic carbocycles. The zero-order valence-corrected chi connectivity index (χ0v) is 11.9. The Morgan fingerprint density at radius 2 is 2.06 bits per heavy atom. The summed E-state index contributed by atoms with van der Waals surface area (Å²) < 4.78 is 27.2. The average Bonchev–Trinajstić information content (AvgIpc) is 2.22. The van der Waals surface area contributed by atoms with Gasteiger partial charge in [-0.1, -0.05) is 29.3 Å². The molecule has 0 saturated carbocycles. The molecule has 0 saturated heterocycles. The number of benzene rings is 1. The standard InChI is InChI=1S/C11H16BrNO2S/c1-3-4-7-13-16(14,15)10-5-6-11(12)9(2)8-10/h5-6,8,13H,3-4,7H2,1-2H3. The van der Waals surface area contributed by atoms with E-state index in [4.69, 9.17) is 0 Å². The van der Waals surface area contributed by atoms with Gasteiger partial charge in [0, 0.05) is 11.0 Å². The molecule has 0 bridgehead atoms. The fourth-order valence-electron chi connectivity index (χ4n) is 1.25. The summed E-state index contributed by atoms with van der Waals surface area (Å²) in [7, 11) is -3.34. The van der Waals surface area contributed by atoms with Crippen LogP contribution < -0.4 is 4.72 Å². The zero-order chi connectivity index (χ0) is 12.2. The second-order valence-electron chi connectivity index (χ2n) is 3.66. The molecular weight excluding hydrogens is 290 g/mol. The Balaban J connectivity index is 2.86. The number of halogens is 1. The third-order valence-corrected chi connectivity index (χ3v) is 4.61. The predicted molar refractivity (Wildman–Crippen MR) is 69.0 cm³/mol. The highest BCUT2D eigenvalue weighted by Gasteiger charge is 2.13. The highest BCUT2D eigenvalue weighted by Crippen LogP contribution is 2.19. The van der Waals surface area contributed by atoms with E-state index >= 15 is 0 Å². The highest BCUT2D eigenvalue weighted by molar-refractivity contribution is 9.10. The van der Waals surface area contributed by atoms with Crippen molar-refractivity contribution in [2.24, 2.45) is 0 Å². The molecule has 90 valence electrons. The molecule has 0 heterocycles. The molecule has 0 spiro atoms. The fraction of sp³-hybridized carbons (Fsp3) is 0.455. The van der Waals surface area contributed by atoms with Gasteiger partial charge in [0.05, 0.1) is 4.90 Å². The van der Waals surface area contributed by atoms with E-state index in [0.29, 0.717) is 11.4 Å². The Morgan fingerprint density at radius 1 is 1.38 bits per heavy atom. The van der Waals surface area contributed by atoms with E-state index in [2.05, 4.69) is 20.7 Å². The van der Waals surface area contributed by atoms with Gasteiger partial charge in [-0.2, -0.15) is 0 Å². The van der Waals surface area contributed by atoms with Gasteiger partial charge in [-0.15, -0.1) is 0 Å². The van der Waals surface area contributed by atoms with Gasteiger partial charge >= 0.3 is 0 Å². The van der Waals surface area contributed by atoms with Crippen molar-refractivity contribution in [1.29, 1.82) is 0 Å². The summed E-state index contributed by atoms with van der Waals surface area (Å²) in [5, 5.41) is 0. The van der Waals surface area contributed by atoms with Crippen LogP contribution in [0.1, 0.15) is 25.3 Å². The van der Waals surface area contributed by atoms with Crippen LogP contribution in [-0.4, -0.2) is 15.0 Å². The van der Waals surface area contributed by atoms with Gasteiger partial charge in [0.15, 0.2) is 0 Å². The molecule has 0 atom stereocenters. The Morgan fingerprint density at radius 3 is 2.62 bits per heavy atom. The number of rotatable bonds is 5. The molecule has 1 aromatic rings.